The van der Waals surface area contributed by atoms with Crippen LogP contribution in [0.15, 0.2) is 54.6 Å². The molecule has 0 bridgehead atoms. The first-order chi connectivity index (χ1) is 11.2. The van der Waals surface area contributed by atoms with Gasteiger partial charge in [0.2, 0.25) is 0 Å². The molecule has 0 atom stereocenters. The lowest BCUT2D eigenvalue weighted by Gasteiger charge is -2.11. The number of nitrogens with zero attached hydrogens (tertiary/aromatic N) is 1. The summed E-state index contributed by atoms with van der Waals surface area (Å²) in [7, 11) is 3.35. The van der Waals surface area contributed by atoms with Gasteiger partial charge in [-0.2, -0.15) is 5.26 Å². The lowest BCUT2D eigenvalue weighted by molar-refractivity contribution is 0.410. The Morgan fingerprint density at radius 1 is 0.783 bits per heavy atom. The van der Waals surface area contributed by atoms with Crippen LogP contribution in [0.1, 0.15) is 16.7 Å². The Kier molecular flexibility index (Phi) is 4.16. The molecule has 3 nitrogen and oxygen atoms in total. The molecule has 0 amide bonds. The Bertz CT molecular complexity index is 877. The summed E-state index contributed by atoms with van der Waals surface area (Å²) in [5, 5.41) is 10.9. The molecule has 0 saturated heterocycles. The highest BCUT2D eigenvalue weighted by Gasteiger charge is 2.08. The van der Waals surface area contributed by atoms with Crippen LogP contribution in [0.3, 0.4) is 0 Å². The Morgan fingerprint density at radius 3 is 2.00 bits per heavy atom. The van der Waals surface area contributed by atoms with Crippen molar-refractivity contribution in [3.05, 3.63) is 71.3 Å². The van der Waals surface area contributed by atoms with Gasteiger partial charge < -0.3 is 9.47 Å². The topological polar surface area (TPSA) is 42.2 Å². The standard InChI is InChI=1S/C20H17NO2/c1-22-19-9-10-20(23-2)18-12-16(7-8-17(18)19)11-14-3-5-15(13-21)6-4-14/h3-10,12H,11H2,1-2H3. The second-order valence-electron chi connectivity index (χ2n) is 5.34. The first-order valence-electron chi connectivity index (χ1n) is 7.38. The van der Waals surface area contributed by atoms with Gasteiger partial charge in [-0.25, -0.2) is 0 Å². The Morgan fingerprint density at radius 2 is 1.39 bits per heavy atom. The number of hydrogen-bond donors (Lipinski definition) is 0. The van der Waals surface area contributed by atoms with Crippen molar-refractivity contribution in [2.45, 2.75) is 6.42 Å². The molecule has 114 valence electrons. The van der Waals surface area contributed by atoms with Crippen LogP contribution in [0.5, 0.6) is 11.5 Å². The molecular weight excluding hydrogens is 286 g/mol. The van der Waals surface area contributed by atoms with Gasteiger partial charge in [0.25, 0.3) is 0 Å². The number of methoxy groups -OCH3 is 2. The number of hydrogen-bond acceptors (Lipinski definition) is 3. The first-order valence-corrected chi connectivity index (χ1v) is 7.38. The fourth-order valence-corrected chi connectivity index (χ4v) is 2.74. The zero-order valence-corrected chi connectivity index (χ0v) is 13.2. The lowest BCUT2D eigenvalue weighted by Crippen LogP contribution is -1.92. The summed E-state index contributed by atoms with van der Waals surface area (Å²) >= 11 is 0. The molecule has 0 aliphatic heterocycles. The smallest absolute Gasteiger partial charge is 0.126 e. The molecule has 0 heterocycles. The van der Waals surface area contributed by atoms with E-state index >= 15 is 0 Å². The van der Waals surface area contributed by atoms with Gasteiger partial charge in [-0.15, -0.1) is 0 Å². The number of ether oxygens (including phenoxy) is 2. The van der Waals surface area contributed by atoms with E-state index in [4.69, 9.17) is 14.7 Å². The maximum absolute atomic E-state index is 8.87. The number of fused-ring (bicyclic) bond motifs is 1. The molecule has 3 aromatic rings. The maximum atomic E-state index is 8.87. The largest absolute Gasteiger partial charge is 0.496 e. The van der Waals surface area contributed by atoms with Crippen LogP contribution in [-0.4, -0.2) is 14.2 Å². The highest BCUT2D eigenvalue weighted by atomic mass is 16.5. The van der Waals surface area contributed by atoms with E-state index in [-0.39, 0.29) is 0 Å². The second kappa shape index (κ2) is 6.41. The molecule has 0 spiro atoms. The van der Waals surface area contributed by atoms with Crippen LogP contribution in [0.2, 0.25) is 0 Å². The molecule has 0 saturated carbocycles. The minimum Gasteiger partial charge on any atom is -0.496 e. The van der Waals surface area contributed by atoms with Crippen LogP contribution >= 0.6 is 0 Å². The molecule has 0 aromatic heterocycles. The van der Waals surface area contributed by atoms with Gasteiger partial charge in [0.05, 0.1) is 25.9 Å². The third-order valence-corrected chi connectivity index (χ3v) is 3.93. The molecule has 0 fully saturated rings. The number of nitriles is 1. The zero-order chi connectivity index (χ0) is 16.2. The molecule has 0 aliphatic rings. The van der Waals surface area contributed by atoms with Crippen LogP contribution < -0.4 is 9.47 Å². The molecule has 0 unspecified atom stereocenters. The quantitative estimate of drug-likeness (QED) is 0.721. The van der Waals surface area contributed by atoms with Crippen molar-refractivity contribution in [2.75, 3.05) is 14.2 Å². The summed E-state index contributed by atoms with van der Waals surface area (Å²) in [4.78, 5) is 0. The van der Waals surface area contributed by atoms with Crippen LogP contribution in [0.4, 0.5) is 0 Å². The first kappa shape index (κ1) is 14.9. The molecule has 3 heteroatoms. The average Bonchev–Trinajstić information content (AvgIpc) is 2.61. The highest BCUT2D eigenvalue weighted by molar-refractivity contribution is 5.93. The van der Waals surface area contributed by atoms with Crippen molar-refractivity contribution in [1.29, 1.82) is 5.26 Å². The summed E-state index contributed by atoms with van der Waals surface area (Å²) in [6.45, 7) is 0. The number of rotatable bonds is 4. The molecule has 0 N–H and O–H groups in total. The number of benzene rings is 3. The molecule has 3 aromatic carbocycles. The predicted octanol–water partition coefficient (Wildman–Crippen LogP) is 4.32. The lowest BCUT2D eigenvalue weighted by atomic mass is 9.99. The molecular formula is C20H17NO2. The van der Waals surface area contributed by atoms with Crippen molar-refractivity contribution in [3.8, 4) is 17.6 Å². The monoisotopic (exact) mass is 303 g/mol. The maximum Gasteiger partial charge on any atom is 0.126 e. The summed E-state index contributed by atoms with van der Waals surface area (Å²) in [6, 6.07) is 20.0. The molecule has 0 radical (unpaired) electrons. The fraction of sp³-hybridized carbons (Fsp3) is 0.150. The molecule has 23 heavy (non-hydrogen) atoms. The van der Waals surface area contributed by atoms with Crippen molar-refractivity contribution in [2.24, 2.45) is 0 Å². The van der Waals surface area contributed by atoms with Crippen molar-refractivity contribution in [1.82, 2.24) is 0 Å². The van der Waals surface area contributed by atoms with E-state index in [1.54, 1.807) is 14.2 Å². The van der Waals surface area contributed by atoms with Gasteiger partial charge in [0.15, 0.2) is 0 Å². The van der Waals surface area contributed by atoms with Crippen LogP contribution in [0, 0.1) is 11.3 Å². The van der Waals surface area contributed by atoms with E-state index in [0.717, 1.165) is 28.7 Å². The minimum atomic E-state index is 0.679. The van der Waals surface area contributed by atoms with Gasteiger partial charge in [-0.05, 0) is 47.9 Å². The Balaban J connectivity index is 2.00. The molecule has 3 rings (SSSR count). The zero-order valence-electron chi connectivity index (χ0n) is 13.2. The highest BCUT2D eigenvalue weighted by Crippen LogP contribution is 2.34. The Hall–Kier alpha value is -2.99. The van der Waals surface area contributed by atoms with E-state index in [1.165, 1.54) is 11.1 Å². The summed E-state index contributed by atoms with van der Waals surface area (Å²) in [5.41, 5.74) is 3.04. The third kappa shape index (κ3) is 2.97. The second-order valence-corrected chi connectivity index (χ2v) is 5.34. The summed E-state index contributed by atoms with van der Waals surface area (Å²) in [5.74, 6) is 1.67. The Labute approximate surface area is 135 Å². The fourth-order valence-electron chi connectivity index (χ4n) is 2.74. The van der Waals surface area contributed by atoms with Gasteiger partial charge in [-0.3, -0.25) is 0 Å². The van der Waals surface area contributed by atoms with Gasteiger partial charge in [-0.1, -0.05) is 24.3 Å². The van der Waals surface area contributed by atoms with E-state index in [0.29, 0.717) is 5.56 Å². The van der Waals surface area contributed by atoms with Crippen molar-refractivity contribution in [3.63, 3.8) is 0 Å². The average molecular weight is 303 g/mol. The van der Waals surface area contributed by atoms with E-state index in [2.05, 4.69) is 24.3 Å². The molecule has 0 aliphatic carbocycles. The van der Waals surface area contributed by atoms with E-state index in [1.807, 2.05) is 36.4 Å². The predicted molar refractivity (Wildman–Crippen MR) is 91.0 cm³/mol. The summed E-state index contributed by atoms with van der Waals surface area (Å²) < 4.78 is 10.9. The van der Waals surface area contributed by atoms with Gasteiger partial charge in [0.1, 0.15) is 11.5 Å². The van der Waals surface area contributed by atoms with Crippen molar-refractivity contribution >= 4 is 10.8 Å². The van der Waals surface area contributed by atoms with Crippen molar-refractivity contribution < 1.29 is 9.47 Å². The third-order valence-electron chi connectivity index (χ3n) is 3.93. The normalized spacial score (nSPS) is 10.3. The summed E-state index contributed by atoms with van der Waals surface area (Å²) in [6.07, 6.45) is 0.808. The van der Waals surface area contributed by atoms with Crippen LogP contribution in [0.25, 0.3) is 10.8 Å². The minimum absolute atomic E-state index is 0.679. The van der Waals surface area contributed by atoms with Crippen LogP contribution in [-0.2, 0) is 6.42 Å². The van der Waals surface area contributed by atoms with Gasteiger partial charge >= 0.3 is 0 Å². The van der Waals surface area contributed by atoms with E-state index < -0.39 is 0 Å². The van der Waals surface area contributed by atoms with Gasteiger partial charge in [0, 0.05) is 10.8 Å². The SMILES string of the molecule is COc1ccc(OC)c2cc(Cc3ccc(C#N)cc3)ccc12. The van der Waals surface area contributed by atoms with E-state index in [9.17, 15) is 0 Å².